The SMILES string of the molecule is O=C(O)CC[C@@H]1CCCCN1C(=O)c1cc2cc(F)ccc2o1. The zero-order valence-corrected chi connectivity index (χ0v) is 12.6. The number of benzene rings is 1. The van der Waals surface area contributed by atoms with Crippen LogP contribution in [0.2, 0.25) is 0 Å². The summed E-state index contributed by atoms with van der Waals surface area (Å²) in [7, 11) is 0. The van der Waals surface area contributed by atoms with Gasteiger partial charge >= 0.3 is 5.97 Å². The van der Waals surface area contributed by atoms with E-state index < -0.39 is 5.97 Å². The van der Waals surface area contributed by atoms with Gasteiger partial charge in [-0.2, -0.15) is 0 Å². The molecule has 0 unspecified atom stereocenters. The lowest BCUT2D eigenvalue weighted by Gasteiger charge is -2.35. The van der Waals surface area contributed by atoms with Crippen molar-refractivity contribution in [2.75, 3.05) is 6.54 Å². The van der Waals surface area contributed by atoms with Gasteiger partial charge in [-0.1, -0.05) is 0 Å². The van der Waals surface area contributed by atoms with E-state index >= 15 is 0 Å². The second-order valence-corrected chi connectivity index (χ2v) is 5.87. The number of hydrogen-bond acceptors (Lipinski definition) is 3. The zero-order valence-electron chi connectivity index (χ0n) is 12.6. The summed E-state index contributed by atoms with van der Waals surface area (Å²) in [5, 5.41) is 9.40. The molecule has 0 aliphatic carbocycles. The van der Waals surface area contributed by atoms with E-state index in [2.05, 4.69) is 0 Å². The van der Waals surface area contributed by atoms with Crippen LogP contribution in [0.3, 0.4) is 0 Å². The van der Waals surface area contributed by atoms with Crippen LogP contribution < -0.4 is 0 Å². The Balaban J connectivity index is 1.81. The van der Waals surface area contributed by atoms with E-state index in [1.165, 1.54) is 18.2 Å². The third kappa shape index (κ3) is 3.36. The van der Waals surface area contributed by atoms with Crippen LogP contribution in [0, 0.1) is 5.82 Å². The summed E-state index contributed by atoms with van der Waals surface area (Å²) in [4.78, 5) is 25.2. The maximum atomic E-state index is 13.2. The molecule has 1 aliphatic heterocycles. The van der Waals surface area contributed by atoms with Gasteiger partial charge in [-0.15, -0.1) is 0 Å². The predicted molar refractivity (Wildman–Crippen MR) is 81.7 cm³/mol. The van der Waals surface area contributed by atoms with E-state index in [1.54, 1.807) is 11.0 Å². The molecule has 2 aromatic rings. The van der Waals surface area contributed by atoms with Crippen LogP contribution in [-0.4, -0.2) is 34.5 Å². The van der Waals surface area contributed by atoms with Crippen molar-refractivity contribution in [2.45, 2.75) is 38.1 Å². The van der Waals surface area contributed by atoms with Crippen LogP contribution in [0.25, 0.3) is 11.0 Å². The third-order valence-corrected chi connectivity index (χ3v) is 4.27. The van der Waals surface area contributed by atoms with Crippen LogP contribution >= 0.6 is 0 Å². The Bertz CT molecular complexity index is 739. The van der Waals surface area contributed by atoms with E-state index in [4.69, 9.17) is 9.52 Å². The summed E-state index contributed by atoms with van der Waals surface area (Å²) in [5.74, 6) is -1.32. The lowest BCUT2D eigenvalue weighted by molar-refractivity contribution is -0.137. The molecule has 1 atom stereocenters. The van der Waals surface area contributed by atoms with E-state index in [9.17, 15) is 14.0 Å². The van der Waals surface area contributed by atoms with Crippen molar-refractivity contribution >= 4 is 22.8 Å². The molecule has 1 saturated heterocycles. The molecule has 6 heteroatoms. The number of piperidine rings is 1. The van der Waals surface area contributed by atoms with Gasteiger partial charge in [0.25, 0.3) is 5.91 Å². The minimum atomic E-state index is -0.859. The van der Waals surface area contributed by atoms with E-state index in [0.717, 1.165) is 19.3 Å². The van der Waals surface area contributed by atoms with Gasteiger partial charge in [0.1, 0.15) is 11.4 Å². The number of likely N-dealkylation sites (tertiary alicyclic amines) is 1. The predicted octanol–water partition coefficient (Wildman–Crippen LogP) is 3.43. The highest BCUT2D eigenvalue weighted by Gasteiger charge is 2.29. The van der Waals surface area contributed by atoms with Gasteiger partial charge in [0, 0.05) is 24.4 Å². The Hall–Kier alpha value is -2.37. The number of hydrogen-bond donors (Lipinski definition) is 1. The number of amides is 1. The van der Waals surface area contributed by atoms with Crippen LogP contribution in [0.4, 0.5) is 4.39 Å². The second-order valence-electron chi connectivity index (χ2n) is 5.87. The number of furan rings is 1. The molecular weight excluding hydrogens is 301 g/mol. The fraction of sp³-hybridized carbons (Fsp3) is 0.412. The second kappa shape index (κ2) is 6.40. The highest BCUT2D eigenvalue weighted by Crippen LogP contribution is 2.26. The van der Waals surface area contributed by atoms with E-state index in [-0.39, 0.29) is 29.9 Å². The van der Waals surface area contributed by atoms with Gasteiger partial charge in [-0.3, -0.25) is 9.59 Å². The molecule has 0 radical (unpaired) electrons. The van der Waals surface area contributed by atoms with Crippen LogP contribution in [0.5, 0.6) is 0 Å². The smallest absolute Gasteiger partial charge is 0.303 e. The van der Waals surface area contributed by atoms with E-state index in [1.807, 2.05) is 0 Å². The molecule has 2 heterocycles. The maximum Gasteiger partial charge on any atom is 0.303 e. The third-order valence-electron chi connectivity index (χ3n) is 4.27. The minimum absolute atomic E-state index is 0.0415. The molecule has 1 aromatic heterocycles. The monoisotopic (exact) mass is 319 g/mol. The standard InChI is InChI=1S/C17H18FNO4/c18-12-4-6-14-11(9-12)10-15(23-14)17(22)19-8-2-1-3-13(19)5-7-16(20)21/h4,6,9-10,13H,1-3,5,7-8H2,(H,20,21)/t13-/m0/s1. The number of halogens is 1. The quantitative estimate of drug-likeness (QED) is 0.937. The Morgan fingerprint density at radius 2 is 2.13 bits per heavy atom. The van der Waals surface area contributed by atoms with Crippen LogP contribution in [0.15, 0.2) is 28.7 Å². The number of aliphatic carboxylic acids is 1. The topological polar surface area (TPSA) is 70.8 Å². The fourth-order valence-electron chi connectivity index (χ4n) is 3.12. The molecule has 1 fully saturated rings. The highest BCUT2D eigenvalue weighted by molar-refractivity contribution is 5.96. The molecule has 1 aromatic carbocycles. The first kappa shape index (κ1) is 15.5. The van der Waals surface area contributed by atoms with Crippen molar-refractivity contribution in [3.8, 4) is 0 Å². The van der Waals surface area contributed by atoms with Crippen molar-refractivity contribution in [1.29, 1.82) is 0 Å². The molecule has 1 N–H and O–H groups in total. The summed E-state index contributed by atoms with van der Waals surface area (Å²) in [6.07, 6.45) is 3.16. The Morgan fingerprint density at radius 1 is 1.30 bits per heavy atom. The van der Waals surface area contributed by atoms with Crippen LogP contribution in [0.1, 0.15) is 42.7 Å². The van der Waals surface area contributed by atoms with Crippen molar-refractivity contribution < 1.29 is 23.5 Å². The molecule has 5 nitrogen and oxygen atoms in total. The molecule has 0 spiro atoms. The first-order valence-electron chi connectivity index (χ1n) is 7.76. The normalized spacial score (nSPS) is 18.3. The molecule has 1 aliphatic rings. The van der Waals surface area contributed by atoms with Gasteiger partial charge in [-0.05, 0) is 49.9 Å². The van der Waals surface area contributed by atoms with Crippen molar-refractivity contribution in [3.05, 3.63) is 35.8 Å². The zero-order chi connectivity index (χ0) is 16.4. The Morgan fingerprint density at radius 3 is 2.91 bits per heavy atom. The van der Waals surface area contributed by atoms with Crippen molar-refractivity contribution in [1.82, 2.24) is 4.90 Å². The maximum absolute atomic E-state index is 13.2. The molecule has 23 heavy (non-hydrogen) atoms. The van der Waals surface area contributed by atoms with E-state index in [0.29, 0.717) is 23.9 Å². The number of nitrogens with zero attached hydrogens (tertiary/aromatic N) is 1. The fourth-order valence-corrected chi connectivity index (χ4v) is 3.12. The van der Waals surface area contributed by atoms with Gasteiger partial charge in [0.15, 0.2) is 5.76 Å². The lowest BCUT2D eigenvalue weighted by atomic mass is 9.97. The van der Waals surface area contributed by atoms with Crippen molar-refractivity contribution in [3.63, 3.8) is 0 Å². The summed E-state index contributed by atoms with van der Waals surface area (Å²) < 4.78 is 18.8. The summed E-state index contributed by atoms with van der Waals surface area (Å²) in [5.41, 5.74) is 0.467. The number of carboxylic acid groups (broad SMARTS) is 1. The van der Waals surface area contributed by atoms with Crippen LogP contribution in [-0.2, 0) is 4.79 Å². The lowest BCUT2D eigenvalue weighted by Crippen LogP contribution is -2.43. The first-order valence-corrected chi connectivity index (χ1v) is 7.76. The molecule has 122 valence electrons. The summed E-state index contributed by atoms with van der Waals surface area (Å²) in [6.45, 7) is 0.592. The largest absolute Gasteiger partial charge is 0.481 e. The molecular formula is C17H18FNO4. The number of rotatable bonds is 4. The summed E-state index contributed by atoms with van der Waals surface area (Å²) in [6, 6.07) is 5.57. The molecule has 3 rings (SSSR count). The molecule has 0 saturated carbocycles. The Labute approximate surface area is 132 Å². The number of fused-ring (bicyclic) bond motifs is 1. The average molecular weight is 319 g/mol. The minimum Gasteiger partial charge on any atom is -0.481 e. The van der Waals surface area contributed by atoms with Gasteiger partial charge < -0.3 is 14.4 Å². The first-order chi connectivity index (χ1) is 11.0. The molecule has 1 amide bonds. The number of carboxylic acids is 1. The van der Waals surface area contributed by atoms with Gasteiger partial charge in [0.05, 0.1) is 0 Å². The summed E-state index contributed by atoms with van der Waals surface area (Å²) >= 11 is 0. The van der Waals surface area contributed by atoms with Gasteiger partial charge in [-0.25, -0.2) is 4.39 Å². The number of carbonyl (C=O) groups is 2. The average Bonchev–Trinajstić information content (AvgIpc) is 2.95. The molecule has 0 bridgehead atoms. The highest BCUT2D eigenvalue weighted by atomic mass is 19.1. The van der Waals surface area contributed by atoms with Crippen molar-refractivity contribution in [2.24, 2.45) is 0 Å². The Kier molecular flexibility index (Phi) is 4.32. The van der Waals surface area contributed by atoms with Gasteiger partial charge in [0.2, 0.25) is 0 Å². The number of carbonyl (C=O) groups excluding carboxylic acids is 1.